The number of hydrogen-bond donors (Lipinski definition) is 1. The molecule has 1 N–H and O–H groups in total. The molecular weight excluding hydrogens is 500 g/mol. The fourth-order valence-corrected chi connectivity index (χ4v) is 3.73. The van der Waals surface area contributed by atoms with Crippen molar-refractivity contribution in [2.24, 2.45) is 0 Å². The van der Waals surface area contributed by atoms with Gasteiger partial charge in [-0.1, -0.05) is 12.1 Å². The van der Waals surface area contributed by atoms with Crippen LogP contribution in [0.25, 0.3) is 11.3 Å². The first-order valence-corrected chi connectivity index (χ1v) is 12.5. The van der Waals surface area contributed by atoms with Crippen LogP contribution in [0.1, 0.15) is 30.0 Å². The molecule has 0 aliphatic heterocycles. The maximum atomic E-state index is 12.8. The van der Waals surface area contributed by atoms with Crippen LogP contribution in [-0.4, -0.2) is 48.2 Å². The van der Waals surface area contributed by atoms with Gasteiger partial charge >= 0.3 is 11.7 Å². The Morgan fingerprint density at radius 3 is 2.12 bits per heavy atom. The summed E-state index contributed by atoms with van der Waals surface area (Å²) >= 11 is 0. The fourth-order valence-electron chi connectivity index (χ4n) is 2.35. The third kappa shape index (κ3) is 9.29. The van der Waals surface area contributed by atoms with Crippen LogP contribution in [0, 0.1) is 0 Å². The monoisotopic (exact) mass is 521 g/mol. The summed E-state index contributed by atoms with van der Waals surface area (Å²) < 4.78 is 103. The lowest BCUT2D eigenvalue weighted by Gasteiger charge is -2.08. The van der Waals surface area contributed by atoms with Crippen molar-refractivity contribution >= 4 is 26.9 Å². The van der Waals surface area contributed by atoms with Gasteiger partial charge in [-0.05, 0) is 49.0 Å². The van der Waals surface area contributed by atoms with Gasteiger partial charge in [0.2, 0.25) is 0 Å². The van der Waals surface area contributed by atoms with Crippen LogP contribution >= 0.6 is 0 Å². The van der Waals surface area contributed by atoms with E-state index in [1.165, 1.54) is 24.3 Å². The summed E-state index contributed by atoms with van der Waals surface area (Å²) in [7, 11) is -5.79. The molecule has 6 nitrogen and oxygen atoms in total. The van der Waals surface area contributed by atoms with Crippen molar-refractivity contribution in [3.05, 3.63) is 47.7 Å². The Morgan fingerprint density at radius 1 is 1.06 bits per heavy atom. The number of benzene rings is 1. The van der Waals surface area contributed by atoms with Gasteiger partial charge in [0.25, 0.3) is 5.91 Å². The molecule has 186 valence electrons. The van der Waals surface area contributed by atoms with Crippen LogP contribution in [0.2, 0.25) is 0 Å². The molecule has 14 heteroatoms. The van der Waals surface area contributed by atoms with Crippen molar-refractivity contribution in [3.63, 3.8) is 0 Å². The highest BCUT2D eigenvalue weighted by atomic mass is 32.2. The van der Waals surface area contributed by atoms with Crippen molar-refractivity contribution in [1.29, 1.82) is 0 Å². The van der Waals surface area contributed by atoms with E-state index in [4.69, 9.17) is 17.4 Å². The lowest BCUT2D eigenvalue weighted by molar-refractivity contribution is -0.137. The highest BCUT2D eigenvalue weighted by molar-refractivity contribution is 7.96. The second-order valence-corrected chi connectivity index (χ2v) is 10.5. The van der Waals surface area contributed by atoms with Gasteiger partial charge in [0.1, 0.15) is 23.0 Å². The largest absolute Gasteiger partial charge is 0.741 e. The second kappa shape index (κ2) is 11.8. The normalized spacial score (nSPS) is 12.3. The zero-order valence-corrected chi connectivity index (χ0v) is 19.1. The Labute approximate surface area is 189 Å². The summed E-state index contributed by atoms with van der Waals surface area (Å²) in [5.74, 6) is 3.08. The maximum absolute atomic E-state index is 12.8. The minimum absolute atomic E-state index is 0.0975. The van der Waals surface area contributed by atoms with Gasteiger partial charge < -0.3 is 14.3 Å². The molecule has 1 heterocycles. The molecule has 0 saturated carbocycles. The van der Waals surface area contributed by atoms with Crippen LogP contribution in [0.5, 0.6) is 0 Å². The Balaban J connectivity index is 0.000000582. The molecule has 1 aromatic carbocycles. The zero-order valence-electron chi connectivity index (χ0n) is 17.4. The van der Waals surface area contributed by atoms with Gasteiger partial charge in [-0.3, -0.25) is 4.79 Å². The van der Waals surface area contributed by atoms with E-state index in [0.29, 0.717) is 17.4 Å². The standard InChI is InChI=1S/C18H20F3NO2S.CHF3O3S/c1-3-25(4-2)11-10-22-17(23)16-9-8-15(24-16)13-6-5-7-14(12-13)18(19,20)21;2-1(3,4)8(5,6)7/h5-9,12H,3-4,10-11H2,1-2H3;(H,5,6,7). The Kier molecular flexibility index (Phi) is 10.3. The summed E-state index contributed by atoms with van der Waals surface area (Å²) in [6.45, 7) is 4.81. The van der Waals surface area contributed by atoms with Gasteiger partial charge in [-0.15, -0.1) is 0 Å². The average Bonchev–Trinajstić information content (AvgIpc) is 3.20. The van der Waals surface area contributed by atoms with E-state index in [-0.39, 0.29) is 23.0 Å². The lowest BCUT2D eigenvalue weighted by atomic mass is 10.1. The van der Waals surface area contributed by atoms with Gasteiger partial charge in [-0.2, -0.15) is 26.3 Å². The lowest BCUT2D eigenvalue weighted by Crippen LogP contribution is -2.30. The van der Waals surface area contributed by atoms with Crippen molar-refractivity contribution in [2.45, 2.75) is 25.5 Å². The van der Waals surface area contributed by atoms with E-state index in [1.54, 1.807) is 0 Å². The molecule has 33 heavy (non-hydrogen) atoms. The number of hydrogen-bond acceptors (Lipinski definition) is 5. The SMILES string of the molecule is CC[S+](CC)CCNC(=O)c1ccc(-c2cccc(C(F)(F)F)c2)o1.O=S(=O)([O-])C(F)(F)F. The first-order valence-electron chi connectivity index (χ1n) is 9.32. The van der Waals surface area contributed by atoms with Crippen LogP contribution in [0.15, 0.2) is 40.8 Å². The first-order chi connectivity index (χ1) is 15.1. The summed E-state index contributed by atoms with van der Waals surface area (Å²) in [5.41, 5.74) is -6.11. The molecule has 1 aromatic heterocycles. The molecule has 1 amide bonds. The third-order valence-corrected chi connectivity index (χ3v) is 7.06. The molecule has 0 aliphatic rings. The Hall–Kier alpha value is -2.19. The van der Waals surface area contributed by atoms with Crippen molar-refractivity contribution in [1.82, 2.24) is 5.32 Å². The highest BCUT2D eigenvalue weighted by Gasteiger charge is 2.37. The fraction of sp³-hybridized carbons (Fsp3) is 0.421. The molecule has 0 fully saturated rings. The molecule has 0 spiro atoms. The van der Waals surface area contributed by atoms with Crippen molar-refractivity contribution in [3.8, 4) is 11.3 Å². The summed E-state index contributed by atoms with van der Waals surface area (Å²) in [4.78, 5) is 12.1. The highest BCUT2D eigenvalue weighted by Crippen LogP contribution is 2.32. The van der Waals surface area contributed by atoms with Gasteiger partial charge in [-0.25, -0.2) is 8.42 Å². The Morgan fingerprint density at radius 2 is 1.64 bits per heavy atom. The number of rotatable bonds is 7. The number of alkyl halides is 6. The van der Waals surface area contributed by atoms with Crippen molar-refractivity contribution < 1.29 is 48.5 Å². The predicted octanol–water partition coefficient (Wildman–Crippen LogP) is 4.40. The Bertz CT molecular complexity index is 1010. The molecule has 0 saturated heterocycles. The quantitative estimate of drug-likeness (QED) is 0.252. The van der Waals surface area contributed by atoms with Gasteiger partial charge in [0.05, 0.1) is 12.1 Å². The van der Waals surface area contributed by atoms with E-state index >= 15 is 0 Å². The summed E-state index contributed by atoms with van der Waals surface area (Å²) in [6, 6.07) is 7.83. The van der Waals surface area contributed by atoms with E-state index in [1.807, 2.05) is 0 Å². The predicted molar refractivity (Wildman–Crippen MR) is 111 cm³/mol. The molecule has 2 rings (SSSR count). The number of halogens is 6. The summed E-state index contributed by atoms with van der Waals surface area (Å²) in [5, 5.41) is 2.79. The maximum Gasteiger partial charge on any atom is 0.485 e. The number of furan rings is 1. The number of amides is 1. The minimum atomic E-state index is -6.09. The molecule has 0 unspecified atom stereocenters. The molecule has 0 bridgehead atoms. The van der Waals surface area contributed by atoms with Crippen LogP contribution in [0.3, 0.4) is 0 Å². The summed E-state index contributed by atoms with van der Waals surface area (Å²) in [6.07, 6.45) is -4.42. The third-order valence-electron chi connectivity index (χ3n) is 4.08. The minimum Gasteiger partial charge on any atom is -0.741 e. The molecule has 0 aliphatic carbocycles. The number of nitrogens with one attached hydrogen (secondary N) is 1. The van der Waals surface area contributed by atoms with Crippen LogP contribution in [0.4, 0.5) is 26.3 Å². The zero-order chi connectivity index (χ0) is 25.4. The van der Waals surface area contributed by atoms with Crippen molar-refractivity contribution in [2.75, 3.05) is 23.8 Å². The average molecular weight is 522 g/mol. The topological polar surface area (TPSA) is 99.4 Å². The smallest absolute Gasteiger partial charge is 0.485 e. The van der Waals surface area contributed by atoms with Gasteiger partial charge in [0, 0.05) is 5.56 Å². The second-order valence-electron chi connectivity index (χ2n) is 6.29. The van der Waals surface area contributed by atoms with Gasteiger partial charge in [0.15, 0.2) is 15.9 Å². The van der Waals surface area contributed by atoms with Crippen LogP contribution in [-0.2, 0) is 27.2 Å². The first kappa shape index (κ1) is 28.8. The molecule has 2 aromatic rings. The number of carbonyl (C=O) groups is 1. The van der Waals surface area contributed by atoms with E-state index in [9.17, 15) is 31.1 Å². The molecular formula is C19H21F6NO5S2. The number of carbonyl (C=O) groups excluding carboxylic acids is 1. The van der Waals surface area contributed by atoms with E-state index in [2.05, 4.69) is 19.2 Å². The molecule has 0 radical (unpaired) electrons. The molecule has 0 atom stereocenters. The van der Waals surface area contributed by atoms with E-state index in [0.717, 1.165) is 29.4 Å². The van der Waals surface area contributed by atoms with E-state index < -0.39 is 27.4 Å². The van der Waals surface area contributed by atoms with Crippen LogP contribution < -0.4 is 5.32 Å².